The van der Waals surface area contributed by atoms with Gasteiger partial charge in [0.2, 0.25) is 0 Å². The van der Waals surface area contributed by atoms with Crippen molar-refractivity contribution in [2.45, 2.75) is 0 Å². The molecule has 0 saturated carbocycles. The van der Waals surface area contributed by atoms with Crippen LogP contribution < -0.4 is 10.6 Å². The molecule has 114 valence electrons. The standard InChI is InChI=1S/C16H20N6/c1-21-7-12-9-22(10-13(12)8-21)16-5-3-14(19-20-16)11-2-4-15(17)18-6-11/h2-6,12-13H,7-10H2,1H3,(H2,17,18). The van der Waals surface area contributed by atoms with E-state index in [0.717, 1.165) is 42.0 Å². The minimum absolute atomic E-state index is 0.516. The third-order valence-corrected chi connectivity index (χ3v) is 4.73. The highest BCUT2D eigenvalue weighted by Crippen LogP contribution is 2.32. The lowest BCUT2D eigenvalue weighted by Gasteiger charge is -2.19. The number of rotatable bonds is 2. The summed E-state index contributed by atoms with van der Waals surface area (Å²) in [5.74, 6) is 3.03. The van der Waals surface area contributed by atoms with Gasteiger partial charge in [0.1, 0.15) is 5.82 Å². The van der Waals surface area contributed by atoms with E-state index in [1.807, 2.05) is 12.1 Å². The average molecular weight is 296 g/mol. The Labute approximate surface area is 130 Å². The Balaban J connectivity index is 1.50. The fourth-order valence-corrected chi connectivity index (χ4v) is 3.62. The minimum Gasteiger partial charge on any atom is -0.384 e. The van der Waals surface area contributed by atoms with E-state index >= 15 is 0 Å². The molecule has 6 heteroatoms. The number of nitrogens with two attached hydrogens (primary N) is 1. The molecule has 2 aromatic rings. The van der Waals surface area contributed by atoms with Gasteiger partial charge >= 0.3 is 0 Å². The fraction of sp³-hybridized carbons (Fsp3) is 0.438. The smallest absolute Gasteiger partial charge is 0.151 e. The summed E-state index contributed by atoms with van der Waals surface area (Å²) in [6, 6.07) is 7.77. The molecule has 0 aliphatic carbocycles. The van der Waals surface area contributed by atoms with Gasteiger partial charge in [0, 0.05) is 37.9 Å². The second-order valence-electron chi connectivity index (χ2n) is 6.39. The van der Waals surface area contributed by atoms with Gasteiger partial charge in [0.05, 0.1) is 5.69 Å². The maximum atomic E-state index is 5.61. The SMILES string of the molecule is CN1CC2CN(c3ccc(-c4ccc(N)nc4)nn3)CC2C1. The molecule has 0 radical (unpaired) electrons. The first-order valence-electron chi connectivity index (χ1n) is 7.68. The van der Waals surface area contributed by atoms with Gasteiger partial charge in [-0.1, -0.05) is 0 Å². The molecule has 2 saturated heterocycles. The molecule has 2 aliphatic rings. The molecule has 4 heterocycles. The lowest BCUT2D eigenvalue weighted by molar-refractivity contribution is 0.387. The number of nitrogens with zero attached hydrogens (tertiary/aromatic N) is 5. The fourth-order valence-electron chi connectivity index (χ4n) is 3.62. The second-order valence-corrected chi connectivity index (χ2v) is 6.39. The minimum atomic E-state index is 0.516. The van der Waals surface area contributed by atoms with E-state index in [-0.39, 0.29) is 0 Å². The van der Waals surface area contributed by atoms with Crippen LogP contribution in [0.2, 0.25) is 0 Å². The zero-order valence-corrected chi connectivity index (χ0v) is 12.7. The molecule has 2 N–H and O–H groups in total. The molecule has 2 atom stereocenters. The molecule has 22 heavy (non-hydrogen) atoms. The predicted octanol–water partition coefficient (Wildman–Crippen LogP) is 1.12. The molecule has 0 spiro atoms. The summed E-state index contributed by atoms with van der Waals surface area (Å²) in [6.45, 7) is 4.58. The van der Waals surface area contributed by atoms with Crippen LogP contribution in [0.3, 0.4) is 0 Å². The molecular weight excluding hydrogens is 276 g/mol. The Kier molecular flexibility index (Phi) is 3.18. The maximum Gasteiger partial charge on any atom is 0.151 e. The number of anilines is 2. The highest BCUT2D eigenvalue weighted by Gasteiger charge is 2.39. The molecule has 6 nitrogen and oxygen atoms in total. The van der Waals surface area contributed by atoms with Crippen LogP contribution in [0.1, 0.15) is 0 Å². The van der Waals surface area contributed by atoms with Crippen LogP contribution in [0, 0.1) is 11.8 Å². The monoisotopic (exact) mass is 296 g/mol. The zero-order chi connectivity index (χ0) is 15.1. The van der Waals surface area contributed by atoms with Gasteiger partial charge < -0.3 is 15.5 Å². The second kappa shape index (κ2) is 5.21. The van der Waals surface area contributed by atoms with Gasteiger partial charge in [0.25, 0.3) is 0 Å². The number of likely N-dealkylation sites (tertiary alicyclic amines) is 1. The third-order valence-electron chi connectivity index (χ3n) is 4.73. The highest BCUT2D eigenvalue weighted by atomic mass is 15.3. The summed E-state index contributed by atoms with van der Waals surface area (Å²) < 4.78 is 0. The quantitative estimate of drug-likeness (QED) is 0.895. The van der Waals surface area contributed by atoms with E-state index < -0.39 is 0 Å². The van der Waals surface area contributed by atoms with Gasteiger partial charge in [-0.25, -0.2) is 4.98 Å². The first-order valence-corrected chi connectivity index (χ1v) is 7.68. The Bertz CT molecular complexity index is 639. The van der Waals surface area contributed by atoms with Crippen molar-refractivity contribution in [2.75, 3.05) is 43.9 Å². The number of hydrogen-bond donors (Lipinski definition) is 1. The molecule has 0 bridgehead atoms. The van der Waals surface area contributed by atoms with E-state index in [9.17, 15) is 0 Å². The molecule has 2 aliphatic heterocycles. The van der Waals surface area contributed by atoms with Crippen molar-refractivity contribution < 1.29 is 0 Å². The van der Waals surface area contributed by atoms with E-state index in [1.54, 1.807) is 12.3 Å². The van der Waals surface area contributed by atoms with Gasteiger partial charge in [-0.2, -0.15) is 0 Å². The Hall–Kier alpha value is -2.21. The third kappa shape index (κ3) is 2.39. The average Bonchev–Trinajstić information content (AvgIpc) is 3.05. The summed E-state index contributed by atoms with van der Waals surface area (Å²) in [4.78, 5) is 8.88. The molecule has 4 rings (SSSR count). The Morgan fingerprint density at radius 2 is 1.77 bits per heavy atom. The molecule has 2 unspecified atom stereocenters. The lowest BCUT2D eigenvalue weighted by atomic mass is 10.0. The van der Waals surface area contributed by atoms with Crippen LogP contribution in [-0.2, 0) is 0 Å². The van der Waals surface area contributed by atoms with Crippen molar-refractivity contribution in [3.8, 4) is 11.3 Å². The van der Waals surface area contributed by atoms with Crippen molar-refractivity contribution in [3.05, 3.63) is 30.5 Å². The van der Waals surface area contributed by atoms with E-state index in [4.69, 9.17) is 5.73 Å². The van der Waals surface area contributed by atoms with Crippen molar-refractivity contribution in [1.82, 2.24) is 20.1 Å². The van der Waals surface area contributed by atoms with Crippen molar-refractivity contribution in [2.24, 2.45) is 11.8 Å². The van der Waals surface area contributed by atoms with Gasteiger partial charge in [-0.05, 0) is 43.1 Å². The van der Waals surface area contributed by atoms with Crippen LogP contribution in [0.25, 0.3) is 11.3 Å². The van der Waals surface area contributed by atoms with E-state index in [1.165, 1.54) is 13.1 Å². The summed E-state index contributed by atoms with van der Waals surface area (Å²) in [5, 5.41) is 8.76. The van der Waals surface area contributed by atoms with Crippen molar-refractivity contribution in [3.63, 3.8) is 0 Å². The summed E-state index contributed by atoms with van der Waals surface area (Å²) >= 11 is 0. The summed E-state index contributed by atoms with van der Waals surface area (Å²) in [5.41, 5.74) is 7.38. The summed E-state index contributed by atoms with van der Waals surface area (Å²) in [7, 11) is 2.21. The number of nitrogen functional groups attached to an aromatic ring is 1. The van der Waals surface area contributed by atoms with Crippen LogP contribution in [0.5, 0.6) is 0 Å². The van der Waals surface area contributed by atoms with Gasteiger partial charge in [-0.15, -0.1) is 10.2 Å². The van der Waals surface area contributed by atoms with Crippen LogP contribution in [-0.4, -0.2) is 53.3 Å². The van der Waals surface area contributed by atoms with Crippen LogP contribution in [0.4, 0.5) is 11.6 Å². The Morgan fingerprint density at radius 3 is 2.36 bits per heavy atom. The lowest BCUT2D eigenvalue weighted by Crippen LogP contribution is -2.27. The topological polar surface area (TPSA) is 71.2 Å². The van der Waals surface area contributed by atoms with Crippen LogP contribution >= 0.6 is 0 Å². The number of pyridine rings is 1. The summed E-state index contributed by atoms with van der Waals surface area (Å²) in [6.07, 6.45) is 1.73. The molecule has 0 amide bonds. The van der Waals surface area contributed by atoms with Gasteiger partial charge in [0.15, 0.2) is 5.82 Å². The zero-order valence-electron chi connectivity index (χ0n) is 12.7. The number of hydrogen-bond acceptors (Lipinski definition) is 6. The Morgan fingerprint density at radius 1 is 1.00 bits per heavy atom. The predicted molar refractivity (Wildman–Crippen MR) is 86.4 cm³/mol. The maximum absolute atomic E-state index is 5.61. The number of aromatic nitrogens is 3. The molecular formula is C16H20N6. The number of fused-ring (bicyclic) bond motifs is 1. The molecule has 2 fully saturated rings. The van der Waals surface area contributed by atoms with Crippen molar-refractivity contribution in [1.29, 1.82) is 0 Å². The highest BCUT2D eigenvalue weighted by molar-refractivity contribution is 5.60. The molecule has 2 aromatic heterocycles. The first-order chi connectivity index (χ1) is 10.7. The van der Waals surface area contributed by atoms with Crippen molar-refractivity contribution >= 4 is 11.6 Å². The van der Waals surface area contributed by atoms with E-state index in [2.05, 4.69) is 38.1 Å². The molecule has 0 aromatic carbocycles. The normalized spacial score (nSPS) is 24.7. The first kappa shape index (κ1) is 13.5. The van der Waals surface area contributed by atoms with Gasteiger partial charge in [-0.3, -0.25) is 0 Å². The van der Waals surface area contributed by atoms with E-state index in [0.29, 0.717) is 5.82 Å². The largest absolute Gasteiger partial charge is 0.384 e. The van der Waals surface area contributed by atoms with Crippen LogP contribution in [0.15, 0.2) is 30.5 Å².